The minimum atomic E-state index is -2.88. The monoisotopic (exact) mass is 272 g/mol. The van der Waals surface area contributed by atoms with Crippen molar-refractivity contribution in [1.29, 1.82) is 0 Å². The number of hydrogen-bond acceptors (Lipinski definition) is 4. The average Bonchev–Trinajstić information content (AvgIpc) is 2.93. The van der Waals surface area contributed by atoms with Gasteiger partial charge in [-0.1, -0.05) is 0 Å². The molecule has 1 aliphatic heterocycles. The molecule has 2 bridgehead atoms. The molecule has 0 aromatic carbocycles. The van der Waals surface area contributed by atoms with E-state index in [9.17, 15) is 13.2 Å². The van der Waals surface area contributed by atoms with E-state index in [-0.39, 0.29) is 35.9 Å². The molecule has 4 unspecified atom stereocenters. The summed E-state index contributed by atoms with van der Waals surface area (Å²) in [7, 11) is -2.88. The van der Waals surface area contributed by atoms with Crippen LogP contribution in [0.1, 0.15) is 38.5 Å². The van der Waals surface area contributed by atoms with Crippen molar-refractivity contribution in [2.75, 3.05) is 11.5 Å². The van der Waals surface area contributed by atoms with Crippen LogP contribution in [0, 0.1) is 17.8 Å². The molecule has 0 radical (unpaired) electrons. The summed E-state index contributed by atoms with van der Waals surface area (Å²) in [6.07, 6.45) is 5.76. The molecule has 0 aromatic heterocycles. The number of sulfone groups is 1. The van der Waals surface area contributed by atoms with Gasteiger partial charge in [0.15, 0.2) is 9.84 Å². The van der Waals surface area contributed by atoms with Crippen LogP contribution in [0.5, 0.6) is 0 Å². The molecule has 18 heavy (non-hydrogen) atoms. The summed E-state index contributed by atoms with van der Waals surface area (Å²) in [5.41, 5.74) is 0. The van der Waals surface area contributed by atoms with Crippen molar-refractivity contribution < 1.29 is 17.9 Å². The predicted molar refractivity (Wildman–Crippen MR) is 66.7 cm³/mol. The molecule has 2 aliphatic carbocycles. The highest BCUT2D eigenvalue weighted by molar-refractivity contribution is 7.91. The first kappa shape index (κ1) is 12.5. The number of carbonyl (C=O) groups is 1. The van der Waals surface area contributed by atoms with Crippen molar-refractivity contribution in [2.45, 2.75) is 44.6 Å². The Labute approximate surface area is 108 Å². The third kappa shape index (κ3) is 2.56. The number of carbonyl (C=O) groups excluding carboxylic acids is 1. The van der Waals surface area contributed by atoms with Gasteiger partial charge in [-0.2, -0.15) is 0 Å². The van der Waals surface area contributed by atoms with E-state index in [2.05, 4.69) is 0 Å². The summed E-state index contributed by atoms with van der Waals surface area (Å²) in [5.74, 6) is 1.54. The van der Waals surface area contributed by atoms with Crippen molar-refractivity contribution in [3.8, 4) is 0 Å². The zero-order valence-corrected chi connectivity index (χ0v) is 11.3. The normalized spacial score (nSPS) is 41.1. The van der Waals surface area contributed by atoms with Crippen LogP contribution in [0.15, 0.2) is 0 Å². The second-order valence-electron chi connectivity index (χ2n) is 6.18. The van der Waals surface area contributed by atoms with Crippen molar-refractivity contribution in [1.82, 2.24) is 0 Å². The van der Waals surface area contributed by atoms with E-state index < -0.39 is 9.84 Å². The minimum Gasteiger partial charge on any atom is -0.462 e. The lowest BCUT2D eigenvalue weighted by Gasteiger charge is -2.22. The first-order valence-electron chi connectivity index (χ1n) is 6.92. The van der Waals surface area contributed by atoms with E-state index in [0.717, 1.165) is 12.3 Å². The highest BCUT2D eigenvalue weighted by Gasteiger charge is 2.42. The van der Waals surface area contributed by atoms with Crippen molar-refractivity contribution in [3.63, 3.8) is 0 Å². The summed E-state index contributed by atoms with van der Waals surface area (Å²) >= 11 is 0. The van der Waals surface area contributed by atoms with E-state index in [1.165, 1.54) is 19.3 Å². The van der Waals surface area contributed by atoms with Crippen molar-refractivity contribution in [3.05, 3.63) is 0 Å². The molecule has 5 heteroatoms. The summed E-state index contributed by atoms with van der Waals surface area (Å²) < 4.78 is 28.2. The quantitative estimate of drug-likeness (QED) is 0.731. The molecule has 0 N–H and O–H groups in total. The number of ether oxygens (including phenoxy) is 1. The average molecular weight is 272 g/mol. The first-order chi connectivity index (χ1) is 8.52. The molecule has 0 aromatic rings. The molecule has 0 amide bonds. The Bertz CT molecular complexity index is 442. The predicted octanol–water partition coefficient (Wildman–Crippen LogP) is 1.54. The van der Waals surface area contributed by atoms with E-state index in [0.29, 0.717) is 12.3 Å². The van der Waals surface area contributed by atoms with Gasteiger partial charge in [-0.15, -0.1) is 0 Å². The zero-order chi connectivity index (χ0) is 12.8. The van der Waals surface area contributed by atoms with E-state index in [1.54, 1.807) is 0 Å². The minimum absolute atomic E-state index is 0.0129. The van der Waals surface area contributed by atoms with Crippen LogP contribution < -0.4 is 0 Å². The molecule has 3 fully saturated rings. The van der Waals surface area contributed by atoms with Gasteiger partial charge in [0.1, 0.15) is 6.10 Å². The third-order valence-corrected chi connectivity index (χ3v) is 6.58. The lowest BCUT2D eigenvalue weighted by atomic mass is 9.97. The fourth-order valence-corrected chi connectivity index (χ4v) is 5.68. The summed E-state index contributed by atoms with van der Waals surface area (Å²) in [6.45, 7) is 0. The number of esters is 1. The Morgan fingerprint density at radius 1 is 1.17 bits per heavy atom. The second kappa shape index (κ2) is 4.51. The molecule has 0 spiro atoms. The SMILES string of the molecule is O=C(CC1CCS(=O)(=O)C1)OC1CC2CCC1C2. The van der Waals surface area contributed by atoms with Crippen LogP contribution in [0.3, 0.4) is 0 Å². The number of fused-ring (bicyclic) bond motifs is 2. The fourth-order valence-electron chi connectivity index (χ4n) is 3.82. The van der Waals surface area contributed by atoms with Gasteiger partial charge in [0.05, 0.1) is 11.5 Å². The van der Waals surface area contributed by atoms with Gasteiger partial charge in [0.25, 0.3) is 0 Å². The maximum atomic E-state index is 11.8. The maximum Gasteiger partial charge on any atom is 0.306 e. The highest BCUT2D eigenvalue weighted by Crippen LogP contribution is 2.46. The fraction of sp³-hybridized carbons (Fsp3) is 0.923. The smallest absolute Gasteiger partial charge is 0.306 e. The lowest BCUT2D eigenvalue weighted by molar-refractivity contribution is -0.152. The molecule has 3 rings (SSSR count). The standard InChI is InChI=1S/C13H20O4S/c14-13(7-10-3-4-18(15,16)8-10)17-12-6-9-1-2-11(12)5-9/h9-12H,1-8H2. The van der Waals surface area contributed by atoms with Crippen molar-refractivity contribution >= 4 is 15.8 Å². The third-order valence-electron chi connectivity index (χ3n) is 4.74. The Kier molecular flexibility index (Phi) is 3.12. The van der Waals surface area contributed by atoms with E-state index >= 15 is 0 Å². The first-order valence-corrected chi connectivity index (χ1v) is 8.74. The zero-order valence-electron chi connectivity index (χ0n) is 10.5. The van der Waals surface area contributed by atoms with E-state index in [1.807, 2.05) is 0 Å². The molecule has 102 valence electrons. The Balaban J connectivity index is 1.48. The maximum absolute atomic E-state index is 11.8. The van der Waals surface area contributed by atoms with Crippen LogP contribution in [0.4, 0.5) is 0 Å². The van der Waals surface area contributed by atoms with Crippen LogP contribution in [-0.4, -0.2) is 32.0 Å². The summed E-state index contributed by atoms with van der Waals surface area (Å²) in [5, 5.41) is 0. The van der Waals surface area contributed by atoms with Gasteiger partial charge in [0.2, 0.25) is 0 Å². The van der Waals surface area contributed by atoms with Crippen LogP contribution in [-0.2, 0) is 19.4 Å². The molecule has 3 aliphatic rings. The van der Waals surface area contributed by atoms with Gasteiger partial charge in [0, 0.05) is 6.42 Å². The van der Waals surface area contributed by atoms with Gasteiger partial charge in [-0.25, -0.2) is 8.42 Å². The Morgan fingerprint density at radius 2 is 2.00 bits per heavy atom. The van der Waals surface area contributed by atoms with Gasteiger partial charge in [-0.3, -0.25) is 4.79 Å². The summed E-state index contributed by atoms with van der Waals surface area (Å²) in [6, 6.07) is 0. The molecule has 4 atom stereocenters. The van der Waals surface area contributed by atoms with Crippen LogP contribution in [0.2, 0.25) is 0 Å². The van der Waals surface area contributed by atoms with Crippen molar-refractivity contribution in [2.24, 2.45) is 17.8 Å². The number of hydrogen-bond donors (Lipinski definition) is 0. The number of rotatable bonds is 3. The molecule has 2 saturated carbocycles. The van der Waals surface area contributed by atoms with Gasteiger partial charge in [-0.05, 0) is 49.9 Å². The highest BCUT2D eigenvalue weighted by atomic mass is 32.2. The Hall–Kier alpha value is -0.580. The molecule has 1 saturated heterocycles. The molecule has 1 heterocycles. The molecular weight excluding hydrogens is 252 g/mol. The largest absolute Gasteiger partial charge is 0.462 e. The summed E-state index contributed by atoms with van der Waals surface area (Å²) in [4.78, 5) is 11.8. The van der Waals surface area contributed by atoms with Crippen LogP contribution in [0.25, 0.3) is 0 Å². The lowest BCUT2D eigenvalue weighted by Crippen LogP contribution is -2.25. The van der Waals surface area contributed by atoms with Gasteiger partial charge >= 0.3 is 5.97 Å². The van der Waals surface area contributed by atoms with E-state index in [4.69, 9.17) is 4.74 Å². The Morgan fingerprint density at radius 3 is 2.56 bits per heavy atom. The second-order valence-corrected chi connectivity index (χ2v) is 8.41. The molecular formula is C13H20O4S. The topological polar surface area (TPSA) is 60.4 Å². The van der Waals surface area contributed by atoms with Crippen LogP contribution >= 0.6 is 0 Å². The molecule has 4 nitrogen and oxygen atoms in total. The van der Waals surface area contributed by atoms with Gasteiger partial charge < -0.3 is 4.74 Å².